The number of aromatic nitrogens is 2. The standard InChI is InChI=1S/C14H21N3O2/c1-12-4-2-6-17-13(10-15-14(12)17)11-16(7-9-19)5-3-8-18/h2,4,6,10,18-19H,3,5,7-9,11H2,1H3. The Balaban J connectivity index is 2.16. The van der Waals surface area contributed by atoms with Crippen molar-refractivity contribution in [3.8, 4) is 0 Å². The van der Waals surface area contributed by atoms with Crippen LogP contribution in [0.3, 0.4) is 0 Å². The number of aliphatic hydroxyl groups excluding tert-OH is 2. The number of rotatable bonds is 7. The minimum Gasteiger partial charge on any atom is -0.396 e. The van der Waals surface area contributed by atoms with Gasteiger partial charge in [-0.3, -0.25) is 4.90 Å². The zero-order valence-corrected chi connectivity index (χ0v) is 11.3. The van der Waals surface area contributed by atoms with Gasteiger partial charge in [0.15, 0.2) is 0 Å². The summed E-state index contributed by atoms with van der Waals surface area (Å²) < 4.78 is 2.08. The first-order chi connectivity index (χ1) is 9.26. The third-order valence-electron chi connectivity index (χ3n) is 3.24. The molecule has 0 amide bonds. The summed E-state index contributed by atoms with van der Waals surface area (Å²) in [4.78, 5) is 6.56. The molecule has 5 nitrogen and oxygen atoms in total. The van der Waals surface area contributed by atoms with Crippen molar-refractivity contribution in [2.24, 2.45) is 0 Å². The lowest BCUT2D eigenvalue weighted by molar-refractivity contribution is 0.172. The molecule has 0 aliphatic carbocycles. The van der Waals surface area contributed by atoms with Gasteiger partial charge in [0.25, 0.3) is 0 Å². The summed E-state index contributed by atoms with van der Waals surface area (Å²) in [5, 5.41) is 18.0. The van der Waals surface area contributed by atoms with Gasteiger partial charge in [-0.25, -0.2) is 4.98 Å². The molecule has 0 radical (unpaired) electrons. The summed E-state index contributed by atoms with van der Waals surface area (Å²) in [6, 6.07) is 4.06. The first-order valence-electron chi connectivity index (χ1n) is 6.62. The quantitative estimate of drug-likeness (QED) is 0.776. The van der Waals surface area contributed by atoms with Gasteiger partial charge in [-0.2, -0.15) is 0 Å². The Bertz CT molecular complexity index is 524. The van der Waals surface area contributed by atoms with Crippen LogP contribution in [-0.4, -0.2) is 50.8 Å². The van der Waals surface area contributed by atoms with Crippen molar-refractivity contribution in [2.75, 3.05) is 26.3 Å². The number of fused-ring (bicyclic) bond motifs is 1. The highest BCUT2D eigenvalue weighted by Gasteiger charge is 2.10. The van der Waals surface area contributed by atoms with Gasteiger partial charge in [-0.05, 0) is 25.0 Å². The van der Waals surface area contributed by atoms with Crippen LogP contribution in [0.2, 0.25) is 0 Å². The lowest BCUT2D eigenvalue weighted by Gasteiger charge is -2.20. The maximum atomic E-state index is 9.10. The van der Waals surface area contributed by atoms with Crippen molar-refractivity contribution in [1.82, 2.24) is 14.3 Å². The van der Waals surface area contributed by atoms with E-state index in [0.717, 1.165) is 36.4 Å². The number of pyridine rings is 1. The number of aryl methyl sites for hydroxylation is 1. The molecule has 0 saturated heterocycles. The van der Waals surface area contributed by atoms with Gasteiger partial charge in [-0.1, -0.05) is 6.07 Å². The molecule has 0 unspecified atom stereocenters. The van der Waals surface area contributed by atoms with Crippen molar-refractivity contribution >= 4 is 5.65 Å². The van der Waals surface area contributed by atoms with Gasteiger partial charge < -0.3 is 14.6 Å². The predicted molar refractivity (Wildman–Crippen MR) is 74.0 cm³/mol. The fraction of sp³-hybridized carbons (Fsp3) is 0.500. The predicted octanol–water partition coefficient (Wildman–Crippen LogP) is 0.819. The summed E-state index contributed by atoms with van der Waals surface area (Å²) in [5.41, 5.74) is 3.23. The number of aliphatic hydroxyl groups is 2. The molecule has 0 aliphatic rings. The van der Waals surface area contributed by atoms with E-state index in [0.29, 0.717) is 6.54 Å². The average molecular weight is 263 g/mol. The van der Waals surface area contributed by atoms with Gasteiger partial charge in [0.05, 0.1) is 18.5 Å². The van der Waals surface area contributed by atoms with Gasteiger partial charge in [0.2, 0.25) is 0 Å². The molecule has 5 heteroatoms. The average Bonchev–Trinajstić information content (AvgIpc) is 2.81. The van der Waals surface area contributed by atoms with Gasteiger partial charge in [0, 0.05) is 32.4 Å². The van der Waals surface area contributed by atoms with E-state index in [4.69, 9.17) is 10.2 Å². The van der Waals surface area contributed by atoms with Crippen molar-refractivity contribution in [2.45, 2.75) is 19.9 Å². The maximum Gasteiger partial charge on any atom is 0.139 e. The monoisotopic (exact) mass is 263 g/mol. The first-order valence-corrected chi connectivity index (χ1v) is 6.62. The highest BCUT2D eigenvalue weighted by atomic mass is 16.3. The Hall–Kier alpha value is -1.43. The lowest BCUT2D eigenvalue weighted by Crippen LogP contribution is -2.28. The van der Waals surface area contributed by atoms with Crippen LogP contribution in [0.5, 0.6) is 0 Å². The van der Waals surface area contributed by atoms with Crippen LogP contribution >= 0.6 is 0 Å². The lowest BCUT2D eigenvalue weighted by atomic mass is 10.3. The summed E-state index contributed by atoms with van der Waals surface area (Å²) in [5.74, 6) is 0. The number of hydrogen-bond acceptors (Lipinski definition) is 4. The zero-order chi connectivity index (χ0) is 13.7. The fourth-order valence-electron chi connectivity index (χ4n) is 2.25. The SMILES string of the molecule is Cc1cccn2c(CN(CCO)CCCO)cnc12. The molecule has 2 heterocycles. The first kappa shape index (κ1) is 14.0. The normalized spacial score (nSPS) is 11.6. The summed E-state index contributed by atoms with van der Waals surface area (Å²) in [6.45, 7) is 4.46. The minimum atomic E-state index is 0.126. The molecule has 2 rings (SSSR count). The van der Waals surface area contributed by atoms with Crippen LogP contribution < -0.4 is 0 Å². The molecule has 0 saturated carbocycles. The zero-order valence-electron chi connectivity index (χ0n) is 11.3. The Morgan fingerprint density at radius 1 is 1.26 bits per heavy atom. The molecule has 0 spiro atoms. The van der Waals surface area contributed by atoms with E-state index in [2.05, 4.69) is 14.3 Å². The van der Waals surface area contributed by atoms with Crippen LogP contribution in [-0.2, 0) is 6.54 Å². The van der Waals surface area contributed by atoms with Crippen LogP contribution in [0, 0.1) is 6.92 Å². The maximum absolute atomic E-state index is 9.10. The van der Waals surface area contributed by atoms with Crippen LogP contribution in [0.25, 0.3) is 5.65 Å². The van der Waals surface area contributed by atoms with Gasteiger partial charge in [0.1, 0.15) is 5.65 Å². The van der Waals surface area contributed by atoms with Crippen molar-refractivity contribution in [3.63, 3.8) is 0 Å². The molecule has 0 atom stereocenters. The topological polar surface area (TPSA) is 61.0 Å². The highest BCUT2D eigenvalue weighted by molar-refractivity contribution is 5.48. The number of nitrogens with zero attached hydrogens (tertiary/aromatic N) is 3. The third kappa shape index (κ3) is 3.32. The minimum absolute atomic E-state index is 0.126. The molecule has 0 fully saturated rings. The summed E-state index contributed by atoms with van der Waals surface area (Å²) >= 11 is 0. The third-order valence-corrected chi connectivity index (χ3v) is 3.24. The largest absolute Gasteiger partial charge is 0.396 e. The smallest absolute Gasteiger partial charge is 0.139 e. The molecule has 0 aliphatic heterocycles. The molecule has 104 valence electrons. The Morgan fingerprint density at radius 3 is 2.84 bits per heavy atom. The van der Waals surface area contributed by atoms with E-state index in [1.807, 2.05) is 31.5 Å². The molecule has 0 aromatic carbocycles. The fourth-order valence-corrected chi connectivity index (χ4v) is 2.25. The van der Waals surface area contributed by atoms with Crippen molar-refractivity contribution in [1.29, 1.82) is 0 Å². The molecule has 2 N–H and O–H groups in total. The van der Waals surface area contributed by atoms with E-state index in [9.17, 15) is 0 Å². The summed E-state index contributed by atoms with van der Waals surface area (Å²) in [7, 11) is 0. The molecular formula is C14H21N3O2. The molecular weight excluding hydrogens is 242 g/mol. The molecule has 19 heavy (non-hydrogen) atoms. The second kappa shape index (κ2) is 6.65. The van der Waals surface area contributed by atoms with Crippen molar-refractivity contribution in [3.05, 3.63) is 35.8 Å². The summed E-state index contributed by atoms with van der Waals surface area (Å²) in [6.07, 6.45) is 4.61. The molecule has 2 aromatic heterocycles. The van der Waals surface area contributed by atoms with Crippen LogP contribution in [0.15, 0.2) is 24.5 Å². The van der Waals surface area contributed by atoms with E-state index >= 15 is 0 Å². The molecule has 2 aromatic rings. The highest BCUT2D eigenvalue weighted by Crippen LogP contribution is 2.12. The second-order valence-electron chi connectivity index (χ2n) is 4.71. The second-order valence-corrected chi connectivity index (χ2v) is 4.71. The molecule has 0 bridgehead atoms. The van der Waals surface area contributed by atoms with E-state index < -0.39 is 0 Å². The van der Waals surface area contributed by atoms with Gasteiger partial charge >= 0.3 is 0 Å². The van der Waals surface area contributed by atoms with E-state index in [-0.39, 0.29) is 13.2 Å². The number of hydrogen-bond donors (Lipinski definition) is 2. The van der Waals surface area contributed by atoms with E-state index in [1.54, 1.807) is 0 Å². The van der Waals surface area contributed by atoms with Crippen LogP contribution in [0.1, 0.15) is 17.7 Å². The Kier molecular flexibility index (Phi) is 4.90. The van der Waals surface area contributed by atoms with Gasteiger partial charge in [-0.15, -0.1) is 0 Å². The number of imidazole rings is 1. The van der Waals surface area contributed by atoms with E-state index in [1.165, 1.54) is 0 Å². The van der Waals surface area contributed by atoms with Crippen molar-refractivity contribution < 1.29 is 10.2 Å². The Labute approximate surface area is 113 Å². The van der Waals surface area contributed by atoms with Crippen LogP contribution in [0.4, 0.5) is 0 Å². The Morgan fingerprint density at radius 2 is 2.11 bits per heavy atom.